The highest BCUT2D eigenvalue weighted by Crippen LogP contribution is 2.28. The second kappa shape index (κ2) is 8.70. The van der Waals surface area contributed by atoms with Crippen LogP contribution >= 0.6 is 0 Å². The molecule has 0 aliphatic carbocycles. The first-order valence-electron chi connectivity index (χ1n) is 10.2. The smallest absolute Gasteiger partial charge is 0.333 e. The molecule has 2 aliphatic heterocycles. The van der Waals surface area contributed by atoms with E-state index in [0.717, 1.165) is 29.0 Å². The van der Waals surface area contributed by atoms with Gasteiger partial charge in [0.1, 0.15) is 12.3 Å². The van der Waals surface area contributed by atoms with Gasteiger partial charge in [-0.25, -0.2) is 4.68 Å². The quantitative estimate of drug-likeness (QED) is 0.646. The van der Waals surface area contributed by atoms with Crippen LogP contribution in [0.4, 0.5) is 11.6 Å². The van der Waals surface area contributed by atoms with Crippen molar-refractivity contribution in [3.8, 4) is 5.75 Å². The molecule has 1 fully saturated rings. The molecule has 0 spiro atoms. The lowest BCUT2D eigenvalue weighted by molar-refractivity contribution is -0.122. The zero-order valence-corrected chi connectivity index (χ0v) is 16.9. The van der Waals surface area contributed by atoms with Crippen LogP contribution in [0.1, 0.15) is 19.8 Å². The minimum absolute atomic E-state index is 0.000530. The number of nitrogens with one attached hydrogen (secondary N) is 1. The van der Waals surface area contributed by atoms with Gasteiger partial charge in [0.05, 0.1) is 12.7 Å². The fraction of sp³-hybridized carbons (Fsp3) is 0.500. The summed E-state index contributed by atoms with van der Waals surface area (Å²) in [7, 11) is 0. The molecule has 2 aromatic rings. The molecule has 3 heterocycles. The molecule has 30 heavy (non-hydrogen) atoms. The first kappa shape index (κ1) is 20.1. The van der Waals surface area contributed by atoms with Gasteiger partial charge >= 0.3 is 11.1 Å². The van der Waals surface area contributed by atoms with E-state index in [2.05, 4.69) is 10.4 Å². The van der Waals surface area contributed by atoms with Crippen LogP contribution in [-0.2, 0) is 22.6 Å². The summed E-state index contributed by atoms with van der Waals surface area (Å²) < 4.78 is 13.2. The number of aromatic nitrogens is 3. The largest absolute Gasteiger partial charge is 0.494 e. The second-order valence-electron chi connectivity index (χ2n) is 7.24. The molecule has 4 rings (SSSR count). The normalized spacial score (nSPS) is 17.8. The topological polar surface area (TPSA) is 108 Å². The number of carbonyl (C=O) groups excluding carboxylic acids is 1. The molecule has 1 atom stereocenters. The van der Waals surface area contributed by atoms with Crippen molar-refractivity contribution in [2.24, 2.45) is 0 Å². The lowest BCUT2D eigenvalue weighted by Crippen LogP contribution is -2.45. The number of benzene rings is 1. The Morgan fingerprint density at radius 3 is 2.73 bits per heavy atom. The second-order valence-corrected chi connectivity index (χ2v) is 7.24. The number of ether oxygens (including phenoxy) is 2. The Hall–Kier alpha value is -3.14. The summed E-state index contributed by atoms with van der Waals surface area (Å²) in [6.07, 6.45) is 1.87. The molecule has 10 nitrogen and oxygen atoms in total. The summed E-state index contributed by atoms with van der Waals surface area (Å²) in [6, 6.07) is 7.43. The van der Waals surface area contributed by atoms with Gasteiger partial charge in [-0.15, -0.1) is 5.10 Å². The minimum Gasteiger partial charge on any atom is -0.494 e. The van der Waals surface area contributed by atoms with Crippen LogP contribution in [-0.4, -0.2) is 52.7 Å². The SMILES string of the molecule is CCOc1ccc(N2CCn3c2nn(CC(=O)NC[C@H]2CCCO2)c(=O)c3=O)cc1. The van der Waals surface area contributed by atoms with Crippen molar-refractivity contribution < 1.29 is 14.3 Å². The Bertz CT molecular complexity index is 1020. The number of amides is 1. The zero-order valence-electron chi connectivity index (χ0n) is 16.9. The van der Waals surface area contributed by atoms with Crippen LogP contribution in [0.25, 0.3) is 0 Å². The van der Waals surface area contributed by atoms with Gasteiger partial charge < -0.3 is 19.7 Å². The van der Waals surface area contributed by atoms with Crippen molar-refractivity contribution in [3.63, 3.8) is 0 Å². The maximum atomic E-state index is 12.5. The molecule has 1 saturated heterocycles. The Balaban J connectivity index is 1.53. The zero-order chi connectivity index (χ0) is 21.1. The van der Waals surface area contributed by atoms with E-state index >= 15 is 0 Å². The number of hydrogen-bond acceptors (Lipinski definition) is 7. The van der Waals surface area contributed by atoms with Gasteiger partial charge in [0.2, 0.25) is 11.9 Å². The lowest BCUT2D eigenvalue weighted by Gasteiger charge is -2.18. The molecule has 0 radical (unpaired) electrons. The third kappa shape index (κ3) is 4.09. The molecular weight excluding hydrogens is 390 g/mol. The highest BCUT2D eigenvalue weighted by molar-refractivity contribution is 5.75. The third-order valence-electron chi connectivity index (χ3n) is 5.21. The fourth-order valence-corrected chi connectivity index (χ4v) is 3.69. The average molecular weight is 415 g/mol. The molecular formula is C20H25N5O5. The van der Waals surface area contributed by atoms with Gasteiger partial charge in [-0.1, -0.05) is 0 Å². The van der Waals surface area contributed by atoms with Crippen LogP contribution in [0.15, 0.2) is 33.9 Å². The van der Waals surface area contributed by atoms with Gasteiger partial charge in [0.25, 0.3) is 0 Å². The van der Waals surface area contributed by atoms with E-state index in [1.807, 2.05) is 36.1 Å². The van der Waals surface area contributed by atoms with E-state index < -0.39 is 11.1 Å². The average Bonchev–Trinajstić information content (AvgIpc) is 3.41. The molecule has 1 N–H and O–H groups in total. The Morgan fingerprint density at radius 1 is 1.23 bits per heavy atom. The molecule has 10 heteroatoms. The van der Waals surface area contributed by atoms with E-state index in [1.54, 1.807) is 0 Å². The molecule has 2 aliphatic rings. The van der Waals surface area contributed by atoms with Gasteiger partial charge in [0.15, 0.2) is 0 Å². The van der Waals surface area contributed by atoms with E-state index in [0.29, 0.717) is 38.8 Å². The van der Waals surface area contributed by atoms with E-state index in [4.69, 9.17) is 9.47 Å². The summed E-state index contributed by atoms with van der Waals surface area (Å²) in [6.45, 7) is 4.12. The van der Waals surface area contributed by atoms with Gasteiger partial charge in [-0.2, -0.15) is 0 Å². The number of anilines is 2. The molecule has 0 bridgehead atoms. The predicted octanol–water partition coefficient (Wildman–Crippen LogP) is 0.251. The number of carbonyl (C=O) groups is 1. The van der Waals surface area contributed by atoms with Crippen LogP contribution in [0, 0.1) is 0 Å². The van der Waals surface area contributed by atoms with Crippen LogP contribution in [0.3, 0.4) is 0 Å². The summed E-state index contributed by atoms with van der Waals surface area (Å²) in [5.74, 6) is 0.712. The minimum atomic E-state index is -0.806. The third-order valence-corrected chi connectivity index (χ3v) is 5.21. The highest BCUT2D eigenvalue weighted by Gasteiger charge is 2.26. The van der Waals surface area contributed by atoms with E-state index in [1.165, 1.54) is 4.57 Å². The van der Waals surface area contributed by atoms with E-state index in [-0.39, 0.29) is 18.6 Å². The Morgan fingerprint density at radius 2 is 2.03 bits per heavy atom. The maximum absolute atomic E-state index is 12.5. The summed E-state index contributed by atoms with van der Waals surface area (Å²) in [4.78, 5) is 39.1. The summed E-state index contributed by atoms with van der Waals surface area (Å²) >= 11 is 0. The van der Waals surface area contributed by atoms with E-state index in [9.17, 15) is 14.4 Å². The van der Waals surface area contributed by atoms with Crippen LogP contribution in [0.2, 0.25) is 0 Å². The van der Waals surface area contributed by atoms with Crippen molar-refractivity contribution in [3.05, 3.63) is 45.0 Å². The fourth-order valence-electron chi connectivity index (χ4n) is 3.69. The van der Waals surface area contributed by atoms with Gasteiger partial charge in [-0.3, -0.25) is 19.0 Å². The van der Waals surface area contributed by atoms with Crippen molar-refractivity contribution in [1.29, 1.82) is 0 Å². The maximum Gasteiger partial charge on any atom is 0.333 e. The first-order valence-corrected chi connectivity index (χ1v) is 10.2. The monoisotopic (exact) mass is 415 g/mol. The molecule has 1 aromatic carbocycles. The summed E-state index contributed by atoms with van der Waals surface area (Å²) in [5.41, 5.74) is -0.662. The molecule has 0 saturated carbocycles. The predicted molar refractivity (Wildman–Crippen MR) is 109 cm³/mol. The Labute approximate surface area is 173 Å². The molecule has 1 amide bonds. The number of fused-ring (bicyclic) bond motifs is 1. The molecule has 0 unspecified atom stereocenters. The van der Waals surface area contributed by atoms with Crippen molar-refractivity contribution in [2.75, 3.05) is 31.2 Å². The molecule has 1 aromatic heterocycles. The molecule has 160 valence electrons. The van der Waals surface area contributed by atoms with Gasteiger partial charge in [-0.05, 0) is 44.0 Å². The first-order chi connectivity index (χ1) is 14.6. The van der Waals surface area contributed by atoms with Crippen molar-refractivity contribution in [1.82, 2.24) is 19.7 Å². The lowest BCUT2D eigenvalue weighted by atomic mass is 10.2. The van der Waals surface area contributed by atoms with Crippen LogP contribution in [0.5, 0.6) is 5.75 Å². The van der Waals surface area contributed by atoms with Gasteiger partial charge in [0, 0.05) is 31.9 Å². The summed E-state index contributed by atoms with van der Waals surface area (Å²) in [5, 5.41) is 7.07. The number of rotatable bonds is 7. The van der Waals surface area contributed by atoms with Crippen molar-refractivity contribution in [2.45, 2.75) is 39.0 Å². The van der Waals surface area contributed by atoms with Crippen LogP contribution < -0.4 is 26.1 Å². The van der Waals surface area contributed by atoms with Crippen molar-refractivity contribution >= 4 is 17.5 Å². The Kier molecular flexibility index (Phi) is 5.84. The standard InChI is InChI=1S/C20H25N5O5/c1-2-29-15-7-5-14(6-8-15)23-9-10-24-18(27)19(28)25(22-20(23)24)13-17(26)21-12-16-4-3-11-30-16/h5-8,16H,2-4,9-13H2,1H3,(H,21,26)/t16-/m1/s1. The highest BCUT2D eigenvalue weighted by atomic mass is 16.5. The number of nitrogens with zero attached hydrogens (tertiary/aromatic N) is 4. The number of hydrogen-bond donors (Lipinski definition) is 1.